The quantitative estimate of drug-likeness (QED) is 0.663. The Morgan fingerprint density at radius 3 is 2.57 bits per heavy atom. The molecule has 0 aromatic heterocycles. The molecule has 0 radical (unpaired) electrons. The van der Waals surface area contributed by atoms with E-state index in [1.54, 1.807) is 5.57 Å². The van der Waals surface area contributed by atoms with Crippen LogP contribution in [0.1, 0.15) is 84.5 Å². The molecule has 0 amide bonds. The van der Waals surface area contributed by atoms with Crippen molar-refractivity contribution in [3.63, 3.8) is 0 Å². The Balaban J connectivity index is 0.000000330. The van der Waals surface area contributed by atoms with E-state index in [2.05, 4.69) is 13.5 Å². The zero-order chi connectivity index (χ0) is 20.5. The molecule has 4 aliphatic rings. The van der Waals surface area contributed by atoms with Gasteiger partial charge in [-0.05, 0) is 69.1 Å². The largest absolute Gasteiger partial charge is 0.481 e. The van der Waals surface area contributed by atoms with Gasteiger partial charge in [-0.2, -0.15) is 0 Å². The molecule has 0 heterocycles. The normalized spacial score (nSPS) is 39.2. The van der Waals surface area contributed by atoms with Crippen molar-refractivity contribution in [3.8, 4) is 0 Å². The molecule has 28 heavy (non-hydrogen) atoms. The van der Waals surface area contributed by atoms with E-state index in [0.717, 1.165) is 57.3 Å². The van der Waals surface area contributed by atoms with E-state index in [1.807, 2.05) is 13.0 Å². The van der Waals surface area contributed by atoms with E-state index in [1.165, 1.54) is 18.4 Å². The topological polar surface area (TPSA) is 74.6 Å². The first-order valence-electron chi connectivity index (χ1n) is 11.1. The molecular formula is C24H36O4. The van der Waals surface area contributed by atoms with Crippen molar-refractivity contribution in [2.24, 2.45) is 23.2 Å². The van der Waals surface area contributed by atoms with Gasteiger partial charge in [-0.15, -0.1) is 6.58 Å². The van der Waals surface area contributed by atoms with E-state index < -0.39 is 11.6 Å². The maximum Gasteiger partial charge on any atom is 0.303 e. The molecule has 0 bridgehead atoms. The predicted molar refractivity (Wildman–Crippen MR) is 110 cm³/mol. The molecule has 2 fully saturated rings. The zero-order valence-electron chi connectivity index (χ0n) is 17.5. The second kappa shape index (κ2) is 8.14. The molecule has 0 aliphatic heterocycles. The number of carboxylic acids is 1. The van der Waals surface area contributed by atoms with E-state index in [9.17, 15) is 14.7 Å². The van der Waals surface area contributed by atoms with Gasteiger partial charge in [-0.1, -0.05) is 31.1 Å². The number of allylic oxidation sites excluding steroid dienone is 2. The molecule has 0 unspecified atom stereocenters. The monoisotopic (exact) mass is 388 g/mol. The van der Waals surface area contributed by atoms with Crippen LogP contribution < -0.4 is 0 Å². The molecule has 4 nitrogen and oxygen atoms in total. The number of rotatable bonds is 3. The minimum absolute atomic E-state index is 0.0124. The molecule has 2 N–H and O–H groups in total. The van der Waals surface area contributed by atoms with Gasteiger partial charge in [0.1, 0.15) is 5.78 Å². The number of hydrogen-bond acceptors (Lipinski definition) is 3. The number of carbonyl (C=O) groups is 2. The van der Waals surface area contributed by atoms with Crippen LogP contribution in [0, 0.1) is 23.2 Å². The first-order valence-corrected chi connectivity index (χ1v) is 11.1. The van der Waals surface area contributed by atoms with Crippen LogP contribution in [0.5, 0.6) is 0 Å². The van der Waals surface area contributed by atoms with Crippen LogP contribution in [0.3, 0.4) is 0 Å². The lowest BCUT2D eigenvalue weighted by molar-refractivity contribution is -0.137. The Bertz CT molecular complexity index is 678. The van der Waals surface area contributed by atoms with Gasteiger partial charge < -0.3 is 10.2 Å². The number of ketones is 1. The Morgan fingerprint density at radius 2 is 1.96 bits per heavy atom. The number of carboxylic acid groups (broad SMARTS) is 1. The highest BCUT2D eigenvalue weighted by molar-refractivity contribution is 5.82. The zero-order valence-corrected chi connectivity index (χ0v) is 17.5. The van der Waals surface area contributed by atoms with Gasteiger partial charge in [0.05, 0.1) is 5.60 Å². The molecule has 4 heteroatoms. The van der Waals surface area contributed by atoms with Gasteiger partial charge in [-0.3, -0.25) is 9.59 Å². The predicted octanol–water partition coefficient (Wildman–Crippen LogP) is 5.06. The summed E-state index contributed by atoms with van der Waals surface area (Å²) in [6.45, 7) is 8.08. The summed E-state index contributed by atoms with van der Waals surface area (Å²) >= 11 is 0. The average molecular weight is 389 g/mol. The third-order valence-corrected chi connectivity index (χ3v) is 8.22. The highest BCUT2D eigenvalue weighted by Crippen LogP contribution is 2.64. The molecule has 0 aromatic carbocycles. The molecule has 0 saturated heterocycles. The maximum absolute atomic E-state index is 11.8. The van der Waals surface area contributed by atoms with Crippen molar-refractivity contribution >= 4 is 11.8 Å². The Morgan fingerprint density at radius 1 is 1.21 bits per heavy atom. The summed E-state index contributed by atoms with van der Waals surface area (Å²) in [4.78, 5) is 21.4. The highest BCUT2D eigenvalue weighted by Gasteiger charge is 2.60. The molecule has 0 spiro atoms. The van der Waals surface area contributed by atoms with Crippen LogP contribution in [0.25, 0.3) is 0 Å². The van der Waals surface area contributed by atoms with Gasteiger partial charge in [-0.25, -0.2) is 0 Å². The van der Waals surface area contributed by atoms with Crippen molar-refractivity contribution in [2.75, 3.05) is 0 Å². The average Bonchev–Trinajstić information content (AvgIpc) is 2.93. The molecule has 0 aromatic rings. The first kappa shape index (κ1) is 21.3. The summed E-state index contributed by atoms with van der Waals surface area (Å²) in [5, 5.41) is 19.0. The number of fused-ring (bicyclic) bond motifs is 4. The summed E-state index contributed by atoms with van der Waals surface area (Å²) in [6.07, 6.45) is 12.0. The van der Waals surface area contributed by atoms with Crippen LogP contribution in [0.2, 0.25) is 0 Å². The van der Waals surface area contributed by atoms with Crippen molar-refractivity contribution < 1.29 is 19.8 Å². The van der Waals surface area contributed by atoms with Crippen LogP contribution in [0.15, 0.2) is 23.8 Å². The Kier molecular flexibility index (Phi) is 6.19. The van der Waals surface area contributed by atoms with Crippen LogP contribution >= 0.6 is 0 Å². The minimum Gasteiger partial charge on any atom is -0.481 e. The lowest BCUT2D eigenvalue weighted by Crippen LogP contribution is -2.50. The number of hydrogen-bond donors (Lipinski definition) is 2. The Labute approximate surface area is 169 Å². The Hall–Kier alpha value is -1.42. The first-order chi connectivity index (χ1) is 13.3. The second-order valence-corrected chi connectivity index (χ2v) is 9.53. The molecular weight excluding hydrogens is 352 g/mol. The SMILES string of the molecule is C=C[C@]1(O)CC[C@H]2[C@@H]3CCC4=C(CCC(=O)C4)[C@H]3CC[C@@]21C.CCCC(=O)O. The second-order valence-electron chi connectivity index (χ2n) is 9.53. The van der Waals surface area contributed by atoms with Gasteiger partial charge in [0.2, 0.25) is 0 Å². The van der Waals surface area contributed by atoms with Crippen molar-refractivity contribution in [1.82, 2.24) is 0 Å². The smallest absolute Gasteiger partial charge is 0.303 e. The number of aliphatic carboxylic acids is 1. The van der Waals surface area contributed by atoms with E-state index in [-0.39, 0.29) is 5.41 Å². The van der Waals surface area contributed by atoms with Crippen molar-refractivity contribution in [1.29, 1.82) is 0 Å². The standard InChI is InChI=1S/C20H28O2.C4H8O2/c1-3-20(22)11-9-18-17-6-4-13-12-14(21)5-7-15(13)16(17)8-10-19(18,20)2;1-2-3-4(5)6/h3,16-18,22H,1,4-12H2,2H3;2-3H2,1H3,(H,5,6)/t16-,17-,18+,19+,20+;/m1./s1. The molecule has 2 saturated carbocycles. The van der Waals surface area contributed by atoms with Crippen molar-refractivity contribution in [2.45, 2.75) is 90.1 Å². The van der Waals surface area contributed by atoms with Gasteiger partial charge >= 0.3 is 5.97 Å². The summed E-state index contributed by atoms with van der Waals surface area (Å²) < 4.78 is 0. The fraction of sp³-hybridized carbons (Fsp3) is 0.750. The van der Waals surface area contributed by atoms with E-state index >= 15 is 0 Å². The van der Waals surface area contributed by atoms with Crippen LogP contribution in [-0.2, 0) is 9.59 Å². The van der Waals surface area contributed by atoms with E-state index in [4.69, 9.17) is 5.11 Å². The minimum atomic E-state index is -0.711. The number of aliphatic hydroxyl groups is 1. The van der Waals surface area contributed by atoms with Crippen LogP contribution in [-0.4, -0.2) is 27.6 Å². The lowest BCUT2D eigenvalue weighted by Gasteiger charge is -2.53. The maximum atomic E-state index is 11.8. The van der Waals surface area contributed by atoms with E-state index in [0.29, 0.717) is 24.0 Å². The fourth-order valence-corrected chi connectivity index (χ4v) is 6.65. The third kappa shape index (κ3) is 3.60. The molecule has 4 rings (SSSR count). The number of Topliss-reactive ketones (excluding diaryl/α,β-unsaturated/α-hetero) is 1. The van der Waals surface area contributed by atoms with Gasteiger partial charge in [0.15, 0.2) is 0 Å². The van der Waals surface area contributed by atoms with Crippen LogP contribution in [0.4, 0.5) is 0 Å². The van der Waals surface area contributed by atoms with Gasteiger partial charge in [0, 0.05) is 24.7 Å². The third-order valence-electron chi connectivity index (χ3n) is 8.22. The number of carbonyl (C=O) groups excluding carboxylic acids is 1. The summed E-state index contributed by atoms with van der Waals surface area (Å²) in [7, 11) is 0. The molecule has 5 atom stereocenters. The summed E-state index contributed by atoms with van der Waals surface area (Å²) in [5.41, 5.74) is 2.48. The molecule has 4 aliphatic carbocycles. The van der Waals surface area contributed by atoms with Gasteiger partial charge in [0.25, 0.3) is 0 Å². The summed E-state index contributed by atoms with van der Waals surface area (Å²) in [5.74, 6) is 1.78. The highest BCUT2D eigenvalue weighted by atomic mass is 16.4. The summed E-state index contributed by atoms with van der Waals surface area (Å²) in [6, 6.07) is 0. The molecule has 156 valence electrons. The van der Waals surface area contributed by atoms with Crippen molar-refractivity contribution in [3.05, 3.63) is 23.8 Å². The lowest BCUT2D eigenvalue weighted by atomic mass is 9.52. The fourth-order valence-electron chi connectivity index (χ4n) is 6.65.